The van der Waals surface area contributed by atoms with Gasteiger partial charge >= 0.3 is 6.18 Å². The number of amides is 1. The summed E-state index contributed by atoms with van der Waals surface area (Å²) in [5.74, 6) is -0.391. The number of aromatic nitrogens is 1. The van der Waals surface area contributed by atoms with Crippen LogP contribution in [0.15, 0.2) is 18.2 Å². The Labute approximate surface area is 102 Å². The molecule has 1 fully saturated rings. The number of halogens is 3. The smallest absolute Gasteiger partial charge is 0.368 e. The molecular weight excluding hydrogens is 247 g/mol. The van der Waals surface area contributed by atoms with Crippen LogP contribution >= 0.6 is 0 Å². The first-order chi connectivity index (χ1) is 8.39. The van der Waals surface area contributed by atoms with E-state index in [4.69, 9.17) is 5.73 Å². The molecule has 1 aromatic heterocycles. The van der Waals surface area contributed by atoms with E-state index in [1.165, 1.54) is 17.0 Å². The second-order valence-corrected chi connectivity index (χ2v) is 4.13. The summed E-state index contributed by atoms with van der Waals surface area (Å²) in [7, 11) is 0. The van der Waals surface area contributed by atoms with Gasteiger partial charge in [0.05, 0.1) is 0 Å². The number of carbonyl (C=O) groups excluding carboxylic acids is 1. The van der Waals surface area contributed by atoms with Gasteiger partial charge in [0, 0.05) is 6.54 Å². The van der Waals surface area contributed by atoms with Crippen LogP contribution in [0.5, 0.6) is 0 Å². The third kappa shape index (κ3) is 2.39. The van der Waals surface area contributed by atoms with E-state index in [1.54, 1.807) is 0 Å². The number of primary amides is 1. The first-order valence-corrected chi connectivity index (χ1v) is 5.50. The molecule has 2 N–H and O–H groups in total. The number of anilines is 1. The summed E-state index contributed by atoms with van der Waals surface area (Å²) in [4.78, 5) is 16.3. The van der Waals surface area contributed by atoms with Crippen molar-refractivity contribution in [1.29, 1.82) is 0 Å². The fourth-order valence-electron chi connectivity index (χ4n) is 2.08. The molecule has 0 aromatic carbocycles. The number of rotatable bonds is 2. The Kier molecular flexibility index (Phi) is 3.14. The monoisotopic (exact) mass is 259 g/mol. The van der Waals surface area contributed by atoms with Crippen LogP contribution in [0.1, 0.15) is 18.5 Å². The highest BCUT2D eigenvalue weighted by atomic mass is 19.4. The Morgan fingerprint density at radius 1 is 1.44 bits per heavy atom. The van der Waals surface area contributed by atoms with Crippen molar-refractivity contribution in [3.63, 3.8) is 0 Å². The Hall–Kier alpha value is -1.79. The normalized spacial score (nSPS) is 20.2. The summed E-state index contributed by atoms with van der Waals surface area (Å²) < 4.78 is 37.6. The summed E-state index contributed by atoms with van der Waals surface area (Å²) in [5, 5.41) is 0. The van der Waals surface area contributed by atoms with E-state index in [1.807, 2.05) is 0 Å². The average Bonchev–Trinajstić information content (AvgIpc) is 2.77. The second-order valence-electron chi connectivity index (χ2n) is 4.13. The van der Waals surface area contributed by atoms with Crippen molar-refractivity contribution in [3.05, 3.63) is 23.9 Å². The zero-order chi connectivity index (χ0) is 13.3. The second kappa shape index (κ2) is 4.47. The predicted octanol–water partition coefficient (Wildman–Crippen LogP) is 1.55. The predicted molar refractivity (Wildman–Crippen MR) is 58.8 cm³/mol. The van der Waals surface area contributed by atoms with E-state index < -0.39 is 23.8 Å². The molecule has 0 bridgehead atoms. The average molecular weight is 259 g/mol. The first kappa shape index (κ1) is 12.7. The minimum Gasteiger partial charge on any atom is -0.368 e. The largest absolute Gasteiger partial charge is 0.433 e. The molecule has 1 aliphatic rings. The molecule has 0 radical (unpaired) electrons. The fourth-order valence-corrected chi connectivity index (χ4v) is 2.08. The highest BCUT2D eigenvalue weighted by Gasteiger charge is 2.35. The standard InChI is InChI=1S/C11H12F3N3O/c12-11(13,14)8-4-1-5-9(16-8)17-6-2-3-7(17)10(15)18/h1,4-5,7H,2-3,6H2,(H2,15,18)/t7-/m1/s1. The van der Waals surface area contributed by atoms with Crippen molar-refractivity contribution < 1.29 is 18.0 Å². The van der Waals surface area contributed by atoms with Gasteiger partial charge in [-0.3, -0.25) is 4.79 Å². The van der Waals surface area contributed by atoms with Crippen molar-refractivity contribution in [1.82, 2.24) is 4.98 Å². The molecule has 0 aliphatic carbocycles. The van der Waals surface area contributed by atoms with Crippen molar-refractivity contribution in [2.45, 2.75) is 25.1 Å². The number of pyridine rings is 1. The number of hydrogen-bond acceptors (Lipinski definition) is 3. The number of nitrogens with two attached hydrogens (primary N) is 1. The van der Waals surface area contributed by atoms with Gasteiger partial charge in [-0.05, 0) is 25.0 Å². The molecule has 1 amide bonds. The van der Waals surface area contributed by atoms with Crippen molar-refractivity contribution >= 4 is 11.7 Å². The zero-order valence-corrected chi connectivity index (χ0v) is 9.44. The Bertz CT molecular complexity index is 461. The molecule has 7 heteroatoms. The van der Waals surface area contributed by atoms with Gasteiger partial charge in [-0.2, -0.15) is 13.2 Å². The van der Waals surface area contributed by atoms with E-state index in [0.29, 0.717) is 19.4 Å². The Balaban J connectivity index is 2.31. The maximum Gasteiger partial charge on any atom is 0.433 e. The number of carbonyl (C=O) groups is 1. The molecule has 98 valence electrons. The lowest BCUT2D eigenvalue weighted by atomic mass is 10.2. The van der Waals surface area contributed by atoms with Crippen LogP contribution in [0.3, 0.4) is 0 Å². The topological polar surface area (TPSA) is 59.2 Å². The molecule has 2 heterocycles. The molecule has 1 atom stereocenters. The number of alkyl halides is 3. The summed E-state index contributed by atoms with van der Waals surface area (Å²) in [6, 6.07) is 3.07. The van der Waals surface area contributed by atoms with Crippen molar-refractivity contribution in [2.75, 3.05) is 11.4 Å². The van der Waals surface area contributed by atoms with Gasteiger partial charge in [0.25, 0.3) is 0 Å². The zero-order valence-electron chi connectivity index (χ0n) is 9.44. The highest BCUT2D eigenvalue weighted by Crippen LogP contribution is 2.30. The van der Waals surface area contributed by atoms with Gasteiger partial charge in [-0.15, -0.1) is 0 Å². The van der Waals surface area contributed by atoms with E-state index in [-0.39, 0.29) is 5.82 Å². The molecule has 2 rings (SSSR count). The van der Waals surface area contributed by atoms with Gasteiger partial charge in [-0.1, -0.05) is 6.07 Å². The lowest BCUT2D eigenvalue weighted by molar-refractivity contribution is -0.141. The number of nitrogens with zero attached hydrogens (tertiary/aromatic N) is 2. The molecule has 0 spiro atoms. The van der Waals surface area contributed by atoms with Crippen LogP contribution in [-0.4, -0.2) is 23.5 Å². The maximum absolute atomic E-state index is 12.5. The molecule has 0 saturated carbocycles. The Morgan fingerprint density at radius 2 is 2.17 bits per heavy atom. The highest BCUT2D eigenvalue weighted by molar-refractivity contribution is 5.83. The van der Waals surface area contributed by atoms with Gasteiger partial charge in [0.2, 0.25) is 5.91 Å². The minimum absolute atomic E-state index is 0.145. The number of hydrogen-bond donors (Lipinski definition) is 1. The van der Waals surface area contributed by atoms with E-state index in [0.717, 1.165) is 6.07 Å². The van der Waals surface area contributed by atoms with Crippen molar-refractivity contribution in [3.8, 4) is 0 Å². The fraction of sp³-hybridized carbons (Fsp3) is 0.455. The van der Waals surface area contributed by atoms with Crippen LogP contribution in [0.4, 0.5) is 19.0 Å². The third-order valence-corrected chi connectivity index (χ3v) is 2.90. The summed E-state index contributed by atoms with van der Waals surface area (Å²) in [6.07, 6.45) is -3.23. The molecule has 1 aliphatic heterocycles. The van der Waals surface area contributed by atoms with Crippen LogP contribution in [0.2, 0.25) is 0 Å². The van der Waals surface area contributed by atoms with Gasteiger partial charge in [0.15, 0.2) is 0 Å². The lowest BCUT2D eigenvalue weighted by Gasteiger charge is -2.23. The quantitative estimate of drug-likeness (QED) is 0.876. The summed E-state index contributed by atoms with van der Waals surface area (Å²) in [5.41, 5.74) is 4.26. The maximum atomic E-state index is 12.5. The third-order valence-electron chi connectivity index (χ3n) is 2.90. The van der Waals surface area contributed by atoms with Crippen LogP contribution in [-0.2, 0) is 11.0 Å². The van der Waals surface area contributed by atoms with Crippen LogP contribution < -0.4 is 10.6 Å². The van der Waals surface area contributed by atoms with Crippen LogP contribution in [0, 0.1) is 0 Å². The SMILES string of the molecule is NC(=O)[C@H]1CCCN1c1cccc(C(F)(F)F)n1. The van der Waals surface area contributed by atoms with E-state index in [2.05, 4.69) is 4.98 Å². The summed E-state index contributed by atoms with van der Waals surface area (Å²) >= 11 is 0. The van der Waals surface area contributed by atoms with Crippen molar-refractivity contribution in [2.24, 2.45) is 5.73 Å². The summed E-state index contributed by atoms with van der Waals surface area (Å²) in [6.45, 7) is 0.488. The van der Waals surface area contributed by atoms with Gasteiger partial charge < -0.3 is 10.6 Å². The molecular formula is C11H12F3N3O. The molecule has 4 nitrogen and oxygen atoms in total. The van der Waals surface area contributed by atoms with E-state index >= 15 is 0 Å². The lowest BCUT2D eigenvalue weighted by Crippen LogP contribution is -2.40. The molecule has 1 saturated heterocycles. The Morgan fingerprint density at radius 3 is 2.78 bits per heavy atom. The van der Waals surface area contributed by atoms with Crippen LogP contribution in [0.25, 0.3) is 0 Å². The molecule has 0 unspecified atom stereocenters. The first-order valence-electron chi connectivity index (χ1n) is 5.50. The van der Waals surface area contributed by atoms with E-state index in [9.17, 15) is 18.0 Å². The van der Waals surface area contributed by atoms with Gasteiger partial charge in [0.1, 0.15) is 17.6 Å². The molecule has 18 heavy (non-hydrogen) atoms. The van der Waals surface area contributed by atoms with Gasteiger partial charge in [-0.25, -0.2) is 4.98 Å². The minimum atomic E-state index is -4.49. The molecule has 1 aromatic rings.